The molecule has 23 heavy (non-hydrogen) atoms. The second-order valence-corrected chi connectivity index (χ2v) is 6.22. The molecule has 1 aromatic heterocycles. The fraction of sp³-hybridized carbons (Fsp3) is 0.412. The molecule has 2 amide bonds. The van der Waals surface area contributed by atoms with Gasteiger partial charge in [-0.15, -0.1) is 0 Å². The van der Waals surface area contributed by atoms with E-state index in [0.29, 0.717) is 30.0 Å². The maximum absolute atomic E-state index is 13.6. The zero-order chi connectivity index (χ0) is 16.0. The summed E-state index contributed by atoms with van der Waals surface area (Å²) in [6.45, 7) is 0.674. The van der Waals surface area contributed by atoms with Crippen molar-refractivity contribution in [2.75, 3.05) is 6.54 Å². The fourth-order valence-corrected chi connectivity index (χ4v) is 3.35. The Balaban J connectivity index is 1.53. The van der Waals surface area contributed by atoms with Gasteiger partial charge in [-0.2, -0.15) is 0 Å². The third-order valence-electron chi connectivity index (χ3n) is 4.82. The topological polar surface area (TPSA) is 62.6 Å². The molecule has 1 saturated carbocycles. The van der Waals surface area contributed by atoms with Crippen LogP contribution in [0.2, 0.25) is 0 Å². The SMILES string of the molecule is O=C(N[C@H]1CCN(C2CCC2)C1=O)c1cc(F)cc2ccoc12. The van der Waals surface area contributed by atoms with Gasteiger partial charge in [0.05, 0.1) is 11.8 Å². The van der Waals surface area contributed by atoms with Crippen LogP contribution in [0.25, 0.3) is 11.0 Å². The van der Waals surface area contributed by atoms with Crippen molar-refractivity contribution >= 4 is 22.8 Å². The number of nitrogens with zero attached hydrogens (tertiary/aromatic N) is 1. The van der Waals surface area contributed by atoms with Gasteiger partial charge < -0.3 is 14.6 Å². The van der Waals surface area contributed by atoms with Crippen molar-refractivity contribution in [3.8, 4) is 0 Å². The Bertz CT molecular complexity index is 781. The fourth-order valence-electron chi connectivity index (χ4n) is 3.35. The molecule has 1 atom stereocenters. The Morgan fingerprint density at radius 2 is 2.13 bits per heavy atom. The zero-order valence-electron chi connectivity index (χ0n) is 12.5. The van der Waals surface area contributed by atoms with E-state index in [0.717, 1.165) is 25.3 Å². The van der Waals surface area contributed by atoms with E-state index < -0.39 is 17.8 Å². The van der Waals surface area contributed by atoms with Crippen LogP contribution in [0, 0.1) is 5.82 Å². The quantitative estimate of drug-likeness (QED) is 0.946. The summed E-state index contributed by atoms with van der Waals surface area (Å²) in [6.07, 6.45) is 5.26. The van der Waals surface area contributed by atoms with Crippen molar-refractivity contribution in [3.63, 3.8) is 0 Å². The minimum atomic E-state index is -0.531. The average molecular weight is 316 g/mol. The third-order valence-corrected chi connectivity index (χ3v) is 4.82. The van der Waals surface area contributed by atoms with Gasteiger partial charge in [-0.1, -0.05) is 0 Å². The largest absolute Gasteiger partial charge is 0.464 e. The van der Waals surface area contributed by atoms with Crippen molar-refractivity contribution < 1.29 is 18.4 Å². The Labute approximate surface area is 132 Å². The number of hydrogen-bond donors (Lipinski definition) is 1. The minimum Gasteiger partial charge on any atom is -0.464 e. The summed E-state index contributed by atoms with van der Waals surface area (Å²) in [5, 5.41) is 3.26. The molecule has 5 nitrogen and oxygen atoms in total. The summed E-state index contributed by atoms with van der Waals surface area (Å²) in [5.41, 5.74) is 0.463. The standard InChI is InChI=1S/C17H17FN2O3/c18-11-8-10-5-7-23-15(10)13(9-11)16(21)19-14-4-6-20(17(14)22)12-2-1-3-12/h5,7-9,12,14H,1-4,6H2,(H,19,21)/t14-/m0/s1. The lowest BCUT2D eigenvalue weighted by atomic mass is 9.92. The molecular weight excluding hydrogens is 299 g/mol. The van der Waals surface area contributed by atoms with Crippen LogP contribution < -0.4 is 5.32 Å². The number of carbonyl (C=O) groups is 2. The van der Waals surface area contributed by atoms with Gasteiger partial charge in [-0.25, -0.2) is 4.39 Å². The molecule has 0 spiro atoms. The molecule has 0 bridgehead atoms. The molecule has 2 heterocycles. The molecule has 6 heteroatoms. The number of fused-ring (bicyclic) bond motifs is 1. The number of amides is 2. The highest BCUT2D eigenvalue weighted by atomic mass is 19.1. The van der Waals surface area contributed by atoms with E-state index >= 15 is 0 Å². The first kappa shape index (κ1) is 14.2. The van der Waals surface area contributed by atoms with Crippen LogP contribution >= 0.6 is 0 Å². The van der Waals surface area contributed by atoms with E-state index in [1.807, 2.05) is 4.90 Å². The Kier molecular flexibility index (Phi) is 3.32. The summed E-state index contributed by atoms with van der Waals surface area (Å²) in [6, 6.07) is 3.86. The van der Waals surface area contributed by atoms with E-state index in [1.54, 1.807) is 6.07 Å². The van der Waals surface area contributed by atoms with E-state index in [9.17, 15) is 14.0 Å². The van der Waals surface area contributed by atoms with Crippen molar-refractivity contribution in [1.29, 1.82) is 0 Å². The van der Waals surface area contributed by atoms with Crippen LogP contribution in [-0.4, -0.2) is 35.3 Å². The molecule has 2 aromatic rings. The van der Waals surface area contributed by atoms with E-state index in [2.05, 4.69) is 5.32 Å². The number of rotatable bonds is 3. The lowest BCUT2D eigenvalue weighted by molar-refractivity contribution is -0.132. The first-order valence-electron chi connectivity index (χ1n) is 7.91. The summed E-state index contributed by atoms with van der Waals surface area (Å²) in [5.74, 6) is -1.01. The third kappa shape index (κ3) is 2.38. The van der Waals surface area contributed by atoms with E-state index in [1.165, 1.54) is 12.3 Å². The lowest BCUT2D eigenvalue weighted by Gasteiger charge is -2.34. The second-order valence-electron chi connectivity index (χ2n) is 6.22. The number of carbonyl (C=O) groups excluding carboxylic acids is 2. The number of likely N-dealkylation sites (tertiary alicyclic amines) is 1. The van der Waals surface area contributed by atoms with Gasteiger partial charge >= 0.3 is 0 Å². The molecular formula is C17H17FN2O3. The lowest BCUT2D eigenvalue weighted by Crippen LogP contribution is -2.46. The highest BCUT2D eigenvalue weighted by molar-refractivity contribution is 6.06. The van der Waals surface area contributed by atoms with Crippen LogP contribution in [0.1, 0.15) is 36.0 Å². The van der Waals surface area contributed by atoms with Gasteiger partial charge in [-0.05, 0) is 43.9 Å². The molecule has 2 aliphatic rings. The van der Waals surface area contributed by atoms with Crippen LogP contribution in [0.4, 0.5) is 4.39 Å². The van der Waals surface area contributed by atoms with Crippen LogP contribution in [0.5, 0.6) is 0 Å². The first-order valence-corrected chi connectivity index (χ1v) is 7.91. The second kappa shape index (κ2) is 5.37. The molecule has 2 fully saturated rings. The summed E-state index contributed by atoms with van der Waals surface area (Å²) in [4.78, 5) is 26.7. The minimum absolute atomic E-state index is 0.0323. The van der Waals surface area contributed by atoms with E-state index in [-0.39, 0.29) is 11.5 Å². The molecule has 0 radical (unpaired) electrons. The molecule has 1 aliphatic heterocycles. The van der Waals surface area contributed by atoms with Crippen LogP contribution in [0.15, 0.2) is 28.9 Å². The van der Waals surface area contributed by atoms with Gasteiger partial charge in [0.25, 0.3) is 5.91 Å². The summed E-state index contributed by atoms with van der Waals surface area (Å²) in [7, 11) is 0. The highest BCUT2D eigenvalue weighted by Crippen LogP contribution is 2.29. The summed E-state index contributed by atoms with van der Waals surface area (Å²) >= 11 is 0. The van der Waals surface area contributed by atoms with E-state index in [4.69, 9.17) is 4.42 Å². The van der Waals surface area contributed by atoms with Gasteiger partial charge in [0, 0.05) is 18.0 Å². The van der Waals surface area contributed by atoms with Crippen molar-refractivity contribution in [2.45, 2.75) is 37.8 Å². The predicted molar refractivity (Wildman–Crippen MR) is 81.4 cm³/mol. The Morgan fingerprint density at radius 3 is 2.87 bits per heavy atom. The normalized spacial score (nSPS) is 21.7. The van der Waals surface area contributed by atoms with Crippen molar-refractivity contribution in [1.82, 2.24) is 10.2 Å². The molecule has 1 aromatic carbocycles. The molecule has 0 unspecified atom stereocenters. The molecule has 1 N–H and O–H groups in total. The maximum Gasteiger partial charge on any atom is 0.255 e. The zero-order valence-corrected chi connectivity index (χ0v) is 12.5. The number of benzene rings is 1. The molecule has 1 aliphatic carbocycles. The molecule has 1 saturated heterocycles. The highest BCUT2D eigenvalue weighted by Gasteiger charge is 2.38. The van der Waals surface area contributed by atoms with Gasteiger partial charge in [0.1, 0.15) is 17.4 Å². The maximum atomic E-state index is 13.6. The molecule has 4 rings (SSSR count). The molecule has 120 valence electrons. The van der Waals surface area contributed by atoms with Gasteiger partial charge in [0.2, 0.25) is 5.91 Å². The smallest absolute Gasteiger partial charge is 0.255 e. The summed E-state index contributed by atoms with van der Waals surface area (Å²) < 4.78 is 18.9. The number of nitrogens with one attached hydrogen (secondary N) is 1. The van der Waals surface area contributed by atoms with Crippen molar-refractivity contribution in [3.05, 3.63) is 35.8 Å². The average Bonchev–Trinajstić information content (AvgIpc) is 3.06. The Morgan fingerprint density at radius 1 is 1.30 bits per heavy atom. The monoisotopic (exact) mass is 316 g/mol. The van der Waals surface area contributed by atoms with Crippen LogP contribution in [0.3, 0.4) is 0 Å². The number of furan rings is 1. The first-order chi connectivity index (χ1) is 11.1. The van der Waals surface area contributed by atoms with Crippen molar-refractivity contribution in [2.24, 2.45) is 0 Å². The Hall–Kier alpha value is -2.37. The number of hydrogen-bond acceptors (Lipinski definition) is 3. The number of halogens is 1. The predicted octanol–water partition coefficient (Wildman–Crippen LogP) is 2.46. The van der Waals surface area contributed by atoms with Gasteiger partial charge in [-0.3, -0.25) is 9.59 Å². The van der Waals surface area contributed by atoms with Crippen LogP contribution in [-0.2, 0) is 4.79 Å². The van der Waals surface area contributed by atoms with Gasteiger partial charge in [0.15, 0.2) is 0 Å².